The Hall–Kier alpha value is -2.11. The van der Waals surface area contributed by atoms with E-state index >= 15 is 0 Å². The lowest BCUT2D eigenvalue weighted by atomic mass is 10.1. The van der Waals surface area contributed by atoms with Crippen LogP contribution in [0.4, 0.5) is 0 Å². The van der Waals surface area contributed by atoms with Crippen molar-refractivity contribution in [2.24, 2.45) is 0 Å². The van der Waals surface area contributed by atoms with Crippen LogP contribution in [0.25, 0.3) is 0 Å². The molecule has 0 spiro atoms. The van der Waals surface area contributed by atoms with Crippen molar-refractivity contribution < 1.29 is 19.8 Å². The molecule has 1 atom stereocenters. The van der Waals surface area contributed by atoms with Crippen molar-refractivity contribution >= 4 is 11.9 Å². The third kappa shape index (κ3) is 3.44. The molecule has 1 amide bonds. The maximum atomic E-state index is 11.7. The molecule has 1 aromatic rings. The molecule has 1 rings (SSSR count). The molecule has 1 heterocycles. The zero-order valence-electron chi connectivity index (χ0n) is 9.38. The number of aromatic nitrogens is 1. The van der Waals surface area contributed by atoms with E-state index in [4.69, 9.17) is 5.11 Å². The summed E-state index contributed by atoms with van der Waals surface area (Å²) in [4.78, 5) is 26.2. The fourth-order valence-corrected chi connectivity index (χ4v) is 1.36. The summed E-state index contributed by atoms with van der Waals surface area (Å²) in [6.45, 7) is 1.83. The molecule has 0 aliphatic heterocycles. The number of carbonyl (C=O) groups is 2. The van der Waals surface area contributed by atoms with Crippen LogP contribution in [0, 0.1) is 0 Å². The Morgan fingerprint density at radius 3 is 2.76 bits per heavy atom. The lowest BCUT2D eigenvalue weighted by molar-refractivity contribution is -0.139. The summed E-state index contributed by atoms with van der Waals surface area (Å²) in [7, 11) is 0. The summed E-state index contributed by atoms with van der Waals surface area (Å²) in [5.74, 6) is -1.98. The molecular formula is C11H14N2O4. The summed E-state index contributed by atoms with van der Waals surface area (Å²) in [6.07, 6.45) is 3.46. The third-order valence-electron chi connectivity index (χ3n) is 2.23. The van der Waals surface area contributed by atoms with Gasteiger partial charge in [-0.05, 0) is 12.5 Å². The Labute approximate surface area is 98.3 Å². The van der Waals surface area contributed by atoms with Crippen LogP contribution in [0.15, 0.2) is 18.5 Å². The Bertz CT molecular complexity index is 420. The summed E-state index contributed by atoms with van der Waals surface area (Å²) in [6, 6.07) is 0.385. The maximum Gasteiger partial charge on any atom is 0.326 e. The Morgan fingerprint density at radius 1 is 1.53 bits per heavy atom. The number of nitrogens with zero attached hydrogens (tertiary/aromatic N) is 1. The molecular weight excluding hydrogens is 224 g/mol. The highest BCUT2D eigenvalue weighted by Crippen LogP contribution is 2.14. The first-order valence-corrected chi connectivity index (χ1v) is 5.23. The average molecular weight is 238 g/mol. The first kappa shape index (κ1) is 13.0. The van der Waals surface area contributed by atoms with Gasteiger partial charge in [-0.2, -0.15) is 0 Å². The van der Waals surface area contributed by atoms with E-state index in [9.17, 15) is 14.7 Å². The number of rotatable bonds is 5. The number of aliphatic carboxylic acids is 1. The van der Waals surface area contributed by atoms with Crippen LogP contribution in [0.5, 0.6) is 5.75 Å². The minimum atomic E-state index is -1.09. The second-order valence-electron chi connectivity index (χ2n) is 3.55. The lowest BCUT2D eigenvalue weighted by Gasteiger charge is -2.13. The smallest absolute Gasteiger partial charge is 0.326 e. The van der Waals surface area contributed by atoms with Gasteiger partial charge in [-0.25, -0.2) is 4.79 Å². The number of hydrogen-bond donors (Lipinski definition) is 3. The summed E-state index contributed by atoms with van der Waals surface area (Å²) in [5.41, 5.74) is 0.0161. The topological polar surface area (TPSA) is 99.5 Å². The Balaban J connectivity index is 2.77. The lowest BCUT2D eigenvalue weighted by Crippen LogP contribution is -2.40. The van der Waals surface area contributed by atoms with E-state index in [1.807, 2.05) is 6.92 Å². The second-order valence-corrected chi connectivity index (χ2v) is 3.55. The summed E-state index contributed by atoms with van der Waals surface area (Å²) in [5, 5.41) is 20.6. The van der Waals surface area contributed by atoms with Gasteiger partial charge < -0.3 is 15.5 Å². The molecule has 0 bridgehead atoms. The van der Waals surface area contributed by atoms with Gasteiger partial charge in [0.1, 0.15) is 11.8 Å². The SMILES string of the molecule is CCCC(NC(=O)c1ccncc1O)C(=O)O. The number of carboxylic acids is 1. The summed E-state index contributed by atoms with van der Waals surface area (Å²) < 4.78 is 0. The Kier molecular flexibility index (Phi) is 4.45. The number of pyridine rings is 1. The highest BCUT2D eigenvalue weighted by Gasteiger charge is 2.20. The summed E-state index contributed by atoms with van der Waals surface area (Å²) >= 11 is 0. The van der Waals surface area contributed by atoms with E-state index in [-0.39, 0.29) is 11.3 Å². The standard InChI is InChI=1S/C11H14N2O4/c1-2-3-8(11(16)17)13-10(15)7-4-5-12-6-9(7)14/h4-6,8,14H,2-3H2,1H3,(H,13,15)(H,16,17). The predicted molar refractivity (Wildman–Crippen MR) is 59.7 cm³/mol. The molecule has 0 fully saturated rings. The van der Waals surface area contributed by atoms with Crippen LogP contribution < -0.4 is 5.32 Å². The molecule has 1 aromatic heterocycles. The van der Waals surface area contributed by atoms with Gasteiger partial charge in [-0.3, -0.25) is 9.78 Å². The van der Waals surface area contributed by atoms with Gasteiger partial charge in [0.25, 0.3) is 5.91 Å². The van der Waals surface area contributed by atoms with E-state index in [0.717, 1.165) is 6.20 Å². The third-order valence-corrected chi connectivity index (χ3v) is 2.23. The van der Waals surface area contributed by atoms with Gasteiger partial charge >= 0.3 is 5.97 Å². The van der Waals surface area contributed by atoms with E-state index in [1.165, 1.54) is 12.3 Å². The van der Waals surface area contributed by atoms with Crippen LogP contribution in [0.2, 0.25) is 0 Å². The fraction of sp³-hybridized carbons (Fsp3) is 0.364. The number of aromatic hydroxyl groups is 1. The molecule has 92 valence electrons. The van der Waals surface area contributed by atoms with Gasteiger partial charge in [0.2, 0.25) is 0 Å². The van der Waals surface area contributed by atoms with Gasteiger partial charge in [-0.15, -0.1) is 0 Å². The minimum Gasteiger partial charge on any atom is -0.505 e. The van der Waals surface area contributed by atoms with E-state index in [2.05, 4.69) is 10.3 Å². The van der Waals surface area contributed by atoms with Gasteiger partial charge in [0, 0.05) is 6.20 Å². The van der Waals surface area contributed by atoms with Crippen molar-refractivity contribution in [3.8, 4) is 5.75 Å². The fourth-order valence-electron chi connectivity index (χ4n) is 1.36. The highest BCUT2D eigenvalue weighted by molar-refractivity contribution is 5.98. The number of carboxylic acid groups (broad SMARTS) is 1. The van der Waals surface area contributed by atoms with Crippen molar-refractivity contribution in [1.82, 2.24) is 10.3 Å². The van der Waals surface area contributed by atoms with Crippen molar-refractivity contribution in [2.45, 2.75) is 25.8 Å². The predicted octanol–water partition coefficient (Wildman–Crippen LogP) is 0.770. The van der Waals surface area contributed by atoms with Crippen molar-refractivity contribution in [2.75, 3.05) is 0 Å². The molecule has 0 aliphatic rings. The second kappa shape index (κ2) is 5.83. The molecule has 3 N–H and O–H groups in total. The van der Waals surface area contributed by atoms with Gasteiger partial charge in [0.15, 0.2) is 0 Å². The molecule has 17 heavy (non-hydrogen) atoms. The van der Waals surface area contributed by atoms with Crippen molar-refractivity contribution in [3.05, 3.63) is 24.0 Å². The first-order valence-electron chi connectivity index (χ1n) is 5.23. The van der Waals surface area contributed by atoms with Crippen molar-refractivity contribution in [3.63, 3.8) is 0 Å². The van der Waals surface area contributed by atoms with Gasteiger partial charge in [-0.1, -0.05) is 13.3 Å². The maximum absolute atomic E-state index is 11.7. The van der Waals surface area contributed by atoms with Crippen LogP contribution >= 0.6 is 0 Å². The number of carbonyl (C=O) groups excluding carboxylic acids is 1. The van der Waals surface area contributed by atoms with Crippen LogP contribution in [-0.4, -0.2) is 33.1 Å². The average Bonchev–Trinajstić information content (AvgIpc) is 2.28. The van der Waals surface area contributed by atoms with E-state index in [0.29, 0.717) is 12.8 Å². The monoisotopic (exact) mass is 238 g/mol. The first-order chi connectivity index (χ1) is 8.06. The minimum absolute atomic E-state index is 0.0161. The van der Waals surface area contributed by atoms with E-state index < -0.39 is 17.9 Å². The van der Waals surface area contributed by atoms with Crippen molar-refractivity contribution in [1.29, 1.82) is 0 Å². The molecule has 0 aliphatic carbocycles. The molecule has 0 radical (unpaired) electrons. The quantitative estimate of drug-likeness (QED) is 0.703. The van der Waals surface area contributed by atoms with Crippen LogP contribution in [0.3, 0.4) is 0 Å². The zero-order chi connectivity index (χ0) is 12.8. The number of hydrogen-bond acceptors (Lipinski definition) is 4. The normalized spacial score (nSPS) is 11.8. The van der Waals surface area contributed by atoms with Gasteiger partial charge in [0.05, 0.1) is 11.8 Å². The Morgan fingerprint density at radius 2 is 2.24 bits per heavy atom. The highest BCUT2D eigenvalue weighted by atomic mass is 16.4. The van der Waals surface area contributed by atoms with Crippen LogP contribution in [0.1, 0.15) is 30.1 Å². The molecule has 1 unspecified atom stereocenters. The number of amides is 1. The number of nitrogens with one attached hydrogen (secondary N) is 1. The van der Waals surface area contributed by atoms with E-state index in [1.54, 1.807) is 0 Å². The zero-order valence-corrected chi connectivity index (χ0v) is 9.38. The molecule has 6 nitrogen and oxygen atoms in total. The molecule has 0 saturated heterocycles. The molecule has 0 aromatic carbocycles. The molecule has 6 heteroatoms. The van der Waals surface area contributed by atoms with Crippen LogP contribution in [-0.2, 0) is 4.79 Å². The molecule has 0 saturated carbocycles. The largest absolute Gasteiger partial charge is 0.505 e.